The fourth-order valence-electron chi connectivity index (χ4n) is 0.724. The average molecular weight is 133 g/mol. The largest absolute Gasteiger partial charge is 0.371 e. The second-order valence-corrected chi connectivity index (χ2v) is 1.89. The Labute approximate surface area is 54.0 Å². The highest BCUT2D eigenvalue weighted by molar-refractivity contribution is 4.51. The van der Waals surface area contributed by atoms with E-state index >= 15 is 0 Å². The van der Waals surface area contributed by atoms with Gasteiger partial charge in [0.1, 0.15) is 20.3 Å². The summed E-state index contributed by atoms with van der Waals surface area (Å²) in [7, 11) is 0. The van der Waals surface area contributed by atoms with Gasteiger partial charge in [-0.25, -0.2) is 0 Å². The Balaban J connectivity index is 1.98. The van der Waals surface area contributed by atoms with Gasteiger partial charge in [0, 0.05) is 6.54 Å². The van der Waals surface area contributed by atoms with Gasteiger partial charge in [-0.2, -0.15) is 0 Å². The lowest BCUT2D eigenvalue weighted by molar-refractivity contribution is -0.0572. The summed E-state index contributed by atoms with van der Waals surface area (Å²) in [6.07, 6.45) is 0. The summed E-state index contributed by atoms with van der Waals surface area (Å²) < 4.78 is 9.74. The maximum Gasteiger partial charge on any atom is 0.145 e. The Hall–Kier alpha value is -0.160. The number of hydrogen-bond acceptors (Lipinski definition) is 4. The number of aliphatic hydroxyl groups excluding tert-OH is 1. The third-order valence-electron chi connectivity index (χ3n) is 1.19. The highest BCUT2D eigenvalue weighted by Gasteiger charge is 2.10. The molecule has 0 aromatic carbocycles. The molecule has 0 amide bonds. The van der Waals surface area contributed by atoms with Crippen LogP contribution in [0.4, 0.5) is 0 Å². The van der Waals surface area contributed by atoms with E-state index in [1.165, 1.54) is 0 Å². The molecule has 1 aliphatic heterocycles. The van der Waals surface area contributed by atoms with E-state index in [-0.39, 0.29) is 6.79 Å². The van der Waals surface area contributed by atoms with Crippen LogP contribution in [0, 0.1) is 0 Å². The molecule has 0 aromatic rings. The summed E-state index contributed by atoms with van der Waals surface area (Å²) >= 11 is 0. The van der Waals surface area contributed by atoms with Crippen molar-refractivity contribution in [2.45, 2.75) is 0 Å². The van der Waals surface area contributed by atoms with Gasteiger partial charge in [0.2, 0.25) is 0 Å². The first-order valence-electron chi connectivity index (χ1n) is 2.92. The van der Waals surface area contributed by atoms with Crippen LogP contribution in [-0.4, -0.2) is 43.4 Å². The highest BCUT2D eigenvalue weighted by Crippen LogP contribution is 1.96. The third kappa shape index (κ3) is 2.28. The summed E-state index contributed by atoms with van der Waals surface area (Å²) in [6, 6.07) is 0. The zero-order valence-corrected chi connectivity index (χ0v) is 5.25. The lowest BCUT2D eigenvalue weighted by Crippen LogP contribution is -2.23. The van der Waals surface area contributed by atoms with Gasteiger partial charge in [-0.1, -0.05) is 0 Å². The zero-order chi connectivity index (χ0) is 6.53. The predicted molar refractivity (Wildman–Crippen MR) is 30.6 cm³/mol. The van der Waals surface area contributed by atoms with Gasteiger partial charge < -0.3 is 14.6 Å². The minimum Gasteiger partial charge on any atom is -0.371 e. The van der Waals surface area contributed by atoms with E-state index in [0.29, 0.717) is 13.5 Å². The van der Waals surface area contributed by atoms with E-state index in [2.05, 4.69) is 0 Å². The fourth-order valence-corrected chi connectivity index (χ4v) is 0.724. The molecule has 1 heterocycles. The summed E-state index contributed by atoms with van der Waals surface area (Å²) in [5.41, 5.74) is 0. The van der Waals surface area contributed by atoms with Gasteiger partial charge in [0.15, 0.2) is 0 Å². The Morgan fingerprint density at radius 3 is 3.11 bits per heavy atom. The Morgan fingerprint density at radius 2 is 2.56 bits per heavy atom. The van der Waals surface area contributed by atoms with E-state index in [1.54, 1.807) is 0 Å². The molecule has 0 aromatic heterocycles. The van der Waals surface area contributed by atoms with Crippen molar-refractivity contribution in [1.82, 2.24) is 4.90 Å². The molecule has 0 bridgehead atoms. The molecule has 0 atom stereocenters. The number of aliphatic hydroxyl groups is 1. The molecule has 0 aliphatic carbocycles. The summed E-state index contributed by atoms with van der Waals surface area (Å²) in [5.74, 6) is 0. The van der Waals surface area contributed by atoms with Crippen LogP contribution in [-0.2, 0) is 9.47 Å². The second-order valence-electron chi connectivity index (χ2n) is 1.89. The summed E-state index contributed by atoms with van der Waals surface area (Å²) in [6.45, 7) is 2.56. The molecule has 1 aliphatic rings. The molecule has 0 spiro atoms. The summed E-state index contributed by atoms with van der Waals surface area (Å²) in [5, 5.41) is 8.24. The average Bonchev–Trinajstić information content (AvgIpc) is 2.34. The molecule has 9 heavy (non-hydrogen) atoms. The van der Waals surface area contributed by atoms with Crippen LogP contribution < -0.4 is 0 Å². The molecule has 54 valence electrons. The number of hydrogen-bond donors (Lipinski definition) is 1. The molecule has 4 heteroatoms. The molecule has 1 rings (SSSR count). The Kier molecular flexibility index (Phi) is 2.93. The molecule has 1 fully saturated rings. The van der Waals surface area contributed by atoms with E-state index in [9.17, 15) is 0 Å². The van der Waals surface area contributed by atoms with Crippen molar-refractivity contribution in [1.29, 1.82) is 0 Å². The van der Waals surface area contributed by atoms with Gasteiger partial charge in [-0.3, -0.25) is 4.90 Å². The second kappa shape index (κ2) is 3.79. The molecule has 4 nitrogen and oxygen atoms in total. The maximum absolute atomic E-state index is 8.24. The van der Waals surface area contributed by atoms with Gasteiger partial charge in [-0.15, -0.1) is 0 Å². The molecule has 1 saturated heterocycles. The van der Waals surface area contributed by atoms with E-state index in [0.717, 1.165) is 13.2 Å². The third-order valence-corrected chi connectivity index (χ3v) is 1.19. The van der Waals surface area contributed by atoms with Crippen molar-refractivity contribution in [3.8, 4) is 0 Å². The van der Waals surface area contributed by atoms with E-state index < -0.39 is 0 Å². The quantitative estimate of drug-likeness (QED) is 0.512. The lowest BCUT2D eigenvalue weighted by atomic mass is 10.7. The number of rotatable bonds is 3. The van der Waals surface area contributed by atoms with E-state index in [1.807, 2.05) is 4.90 Å². The van der Waals surface area contributed by atoms with Gasteiger partial charge in [-0.05, 0) is 0 Å². The highest BCUT2D eigenvalue weighted by atomic mass is 16.6. The molecule has 0 radical (unpaired) electrons. The summed E-state index contributed by atoms with van der Waals surface area (Å²) in [4.78, 5) is 1.97. The van der Waals surface area contributed by atoms with Crippen molar-refractivity contribution in [2.75, 3.05) is 33.4 Å². The van der Waals surface area contributed by atoms with E-state index in [4.69, 9.17) is 14.6 Å². The van der Waals surface area contributed by atoms with Crippen molar-refractivity contribution in [2.24, 2.45) is 0 Å². The number of nitrogens with zero attached hydrogens (tertiary/aromatic N) is 1. The predicted octanol–water partition coefficient (Wildman–Crippen LogP) is -0.800. The van der Waals surface area contributed by atoms with Crippen LogP contribution in [0.15, 0.2) is 0 Å². The molecular weight excluding hydrogens is 122 g/mol. The normalized spacial score (nSPS) is 21.0. The topological polar surface area (TPSA) is 41.9 Å². The minimum absolute atomic E-state index is 0.212. The van der Waals surface area contributed by atoms with Crippen LogP contribution in [0.3, 0.4) is 0 Å². The first-order chi connectivity index (χ1) is 4.43. The van der Waals surface area contributed by atoms with Gasteiger partial charge in [0.25, 0.3) is 0 Å². The minimum atomic E-state index is -0.212. The standard InChI is InChI=1S/C5H11NO3/c7-5-9-4-6-1-2-8-3-6/h7H,1-5H2. The first-order valence-corrected chi connectivity index (χ1v) is 2.92. The Morgan fingerprint density at radius 1 is 1.67 bits per heavy atom. The monoisotopic (exact) mass is 133 g/mol. The molecular formula is C5H11NO3. The zero-order valence-electron chi connectivity index (χ0n) is 5.25. The van der Waals surface area contributed by atoms with Crippen LogP contribution >= 0.6 is 0 Å². The van der Waals surface area contributed by atoms with Crippen LogP contribution in [0.25, 0.3) is 0 Å². The molecule has 1 N–H and O–H groups in total. The smallest absolute Gasteiger partial charge is 0.145 e. The maximum atomic E-state index is 8.24. The van der Waals surface area contributed by atoms with Crippen LogP contribution in [0.1, 0.15) is 0 Å². The first kappa shape index (κ1) is 6.95. The number of ether oxygens (including phenoxy) is 2. The lowest BCUT2D eigenvalue weighted by Gasteiger charge is -2.10. The van der Waals surface area contributed by atoms with Crippen LogP contribution in [0.2, 0.25) is 0 Å². The van der Waals surface area contributed by atoms with Crippen molar-refractivity contribution in [3.63, 3.8) is 0 Å². The molecule has 0 saturated carbocycles. The van der Waals surface area contributed by atoms with Crippen molar-refractivity contribution in [3.05, 3.63) is 0 Å². The van der Waals surface area contributed by atoms with Gasteiger partial charge in [0.05, 0.1) is 6.61 Å². The van der Waals surface area contributed by atoms with Crippen molar-refractivity contribution < 1.29 is 14.6 Å². The molecule has 0 unspecified atom stereocenters. The van der Waals surface area contributed by atoms with Crippen LogP contribution in [0.5, 0.6) is 0 Å². The van der Waals surface area contributed by atoms with Gasteiger partial charge >= 0.3 is 0 Å². The fraction of sp³-hybridized carbons (Fsp3) is 1.00. The Bertz CT molecular complexity index is 72.6. The SMILES string of the molecule is OCOCN1CCOC1. The van der Waals surface area contributed by atoms with Crippen molar-refractivity contribution >= 4 is 0 Å².